The van der Waals surface area contributed by atoms with Gasteiger partial charge < -0.3 is 5.32 Å². The summed E-state index contributed by atoms with van der Waals surface area (Å²) in [6.45, 7) is 0. The van der Waals surface area contributed by atoms with E-state index in [4.69, 9.17) is 0 Å². The van der Waals surface area contributed by atoms with Gasteiger partial charge in [-0.3, -0.25) is 4.79 Å². The third-order valence-electron chi connectivity index (χ3n) is 3.59. The molecule has 0 saturated carbocycles. The smallest absolute Gasteiger partial charge is 0.322 e. The Balaban J connectivity index is 1.85. The largest absolute Gasteiger partial charge is 0.418 e. The van der Waals surface area contributed by atoms with Crippen molar-refractivity contribution in [3.63, 3.8) is 0 Å². The Morgan fingerprint density at radius 3 is 2.50 bits per heavy atom. The van der Waals surface area contributed by atoms with Crippen molar-refractivity contribution in [3.05, 3.63) is 76.3 Å². The zero-order valence-corrected chi connectivity index (χ0v) is 15.5. The summed E-state index contributed by atoms with van der Waals surface area (Å²) >= 11 is 3.17. The molecule has 144 valence electrons. The average molecular weight is 455 g/mol. The summed E-state index contributed by atoms with van der Waals surface area (Å²) in [5.41, 5.74) is -1.30. The van der Waals surface area contributed by atoms with E-state index in [9.17, 15) is 22.4 Å². The molecule has 0 unspecified atom stereocenters. The molecule has 0 aliphatic rings. The predicted molar refractivity (Wildman–Crippen MR) is 98.1 cm³/mol. The number of carbonyl (C=O) groups excluding carboxylic acids is 1. The van der Waals surface area contributed by atoms with E-state index < -0.39 is 29.2 Å². The molecular formula is C18H11BrF4N4O. The summed E-state index contributed by atoms with van der Waals surface area (Å²) in [5.74, 6) is -1.41. The highest BCUT2D eigenvalue weighted by atomic mass is 79.9. The fourth-order valence-electron chi connectivity index (χ4n) is 2.33. The molecule has 1 amide bonds. The summed E-state index contributed by atoms with van der Waals surface area (Å²) < 4.78 is 54.5. The number of benzene rings is 2. The molecule has 0 radical (unpaired) electrons. The Labute approximate surface area is 164 Å². The van der Waals surface area contributed by atoms with Gasteiger partial charge >= 0.3 is 6.18 Å². The van der Waals surface area contributed by atoms with Gasteiger partial charge in [0.05, 0.1) is 29.3 Å². The third-order valence-corrected chi connectivity index (χ3v) is 4.08. The molecule has 0 saturated heterocycles. The van der Waals surface area contributed by atoms with E-state index in [1.807, 2.05) is 0 Å². The molecule has 0 bridgehead atoms. The maximum Gasteiger partial charge on any atom is 0.418 e. The molecule has 1 N–H and O–H groups in total. The first-order valence-electron chi connectivity index (χ1n) is 7.76. The van der Waals surface area contributed by atoms with Crippen LogP contribution in [-0.4, -0.2) is 20.9 Å². The molecule has 1 heterocycles. The summed E-state index contributed by atoms with van der Waals surface area (Å²) in [4.78, 5) is 13.1. The van der Waals surface area contributed by atoms with Gasteiger partial charge in [-0.15, -0.1) is 0 Å². The zero-order valence-electron chi connectivity index (χ0n) is 13.9. The lowest BCUT2D eigenvalue weighted by Gasteiger charge is -2.14. The van der Waals surface area contributed by atoms with Gasteiger partial charge in [-0.05, 0) is 42.5 Å². The van der Waals surface area contributed by atoms with Gasteiger partial charge in [-0.1, -0.05) is 15.9 Å². The Hall–Kier alpha value is -3.01. The molecule has 1 aromatic heterocycles. The average Bonchev–Trinajstić information content (AvgIpc) is 3.16. The quantitative estimate of drug-likeness (QED) is 0.453. The van der Waals surface area contributed by atoms with Crippen molar-refractivity contribution in [3.8, 4) is 5.69 Å². The van der Waals surface area contributed by atoms with E-state index in [0.29, 0.717) is 4.47 Å². The van der Waals surface area contributed by atoms with Crippen LogP contribution in [-0.2, 0) is 11.0 Å². The van der Waals surface area contributed by atoms with E-state index in [1.54, 1.807) is 0 Å². The lowest BCUT2D eigenvalue weighted by Crippen LogP contribution is -2.15. The second-order valence-corrected chi connectivity index (χ2v) is 6.45. The van der Waals surface area contributed by atoms with Crippen LogP contribution in [0.1, 0.15) is 11.1 Å². The second kappa shape index (κ2) is 7.93. The van der Waals surface area contributed by atoms with Crippen molar-refractivity contribution < 1.29 is 22.4 Å². The van der Waals surface area contributed by atoms with Crippen molar-refractivity contribution in [2.75, 3.05) is 5.32 Å². The number of nitrogens with zero attached hydrogens (tertiary/aromatic N) is 3. The molecular weight excluding hydrogens is 444 g/mol. The van der Waals surface area contributed by atoms with Crippen LogP contribution in [0.5, 0.6) is 0 Å². The number of aromatic nitrogens is 3. The second-order valence-electron chi connectivity index (χ2n) is 5.53. The van der Waals surface area contributed by atoms with Gasteiger partial charge in [0, 0.05) is 16.1 Å². The highest BCUT2D eigenvalue weighted by molar-refractivity contribution is 9.10. The van der Waals surface area contributed by atoms with Crippen LogP contribution in [0.25, 0.3) is 11.8 Å². The molecule has 0 aliphatic carbocycles. The number of carbonyl (C=O) groups is 1. The number of hydrogen-bond acceptors (Lipinski definition) is 3. The zero-order chi connectivity index (χ0) is 20.3. The normalized spacial score (nSPS) is 11.8. The summed E-state index contributed by atoms with van der Waals surface area (Å²) in [7, 11) is 0. The number of rotatable bonds is 4. The van der Waals surface area contributed by atoms with Crippen LogP contribution in [0.15, 0.2) is 59.3 Å². The summed E-state index contributed by atoms with van der Waals surface area (Å²) in [6, 6.07) is 7.39. The van der Waals surface area contributed by atoms with E-state index in [2.05, 4.69) is 31.4 Å². The van der Waals surface area contributed by atoms with Gasteiger partial charge in [-0.25, -0.2) is 4.39 Å². The van der Waals surface area contributed by atoms with Crippen molar-refractivity contribution in [1.82, 2.24) is 15.0 Å². The van der Waals surface area contributed by atoms with Gasteiger partial charge in [0.1, 0.15) is 5.82 Å². The predicted octanol–water partition coefficient (Wildman–Crippen LogP) is 4.84. The summed E-state index contributed by atoms with van der Waals surface area (Å²) in [6.07, 6.45) is 0.0637. The minimum Gasteiger partial charge on any atom is -0.322 e. The molecule has 0 fully saturated rings. The standard InChI is InChI=1S/C18H11BrF4N4O/c19-12-2-4-15(20)11(9-12)1-6-17(28)26-16-5-3-13(27-24-7-8-25-27)10-14(16)18(21,22)23/h1-10H,(H,26,28)/b6-1+. The SMILES string of the molecule is O=C(/C=C/c1cc(Br)ccc1F)Nc1ccc(-n2nccn2)cc1C(F)(F)F. The number of alkyl halides is 3. The first-order chi connectivity index (χ1) is 13.2. The van der Waals surface area contributed by atoms with Crippen LogP contribution in [0.2, 0.25) is 0 Å². The number of halogens is 5. The maximum atomic E-state index is 13.7. The van der Waals surface area contributed by atoms with Crippen molar-refractivity contribution in [2.45, 2.75) is 6.18 Å². The Morgan fingerprint density at radius 2 is 1.82 bits per heavy atom. The highest BCUT2D eigenvalue weighted by Gasteiger charge is 2.34. The fourth-order valence-corrected chi connectivity index (χ4v) is 2.71. The van der Waals surface area contributed by atoms with Crippen molar-refractivity contribution in [1.29, 1.82) is 0 Å². The number of anilines is 1. The molecule has 3 aromatic rings. The Kier molecular flexibility index (Phi) is 5.59. The van der Waals surface area contributed by atoms with Crippen LogP contribution in [0.3, 0.4) is 0 Å². The lowest BCUT2D eigenvalue weighted by molar-refractivity contribution is -0.137. The van der Waals surface area contributed by atoms with E-state index in [-0.39, 0.29) is 11.3 Å². The van der Waals surface area contributed by atoms with E-state index >= 15 is 0 Å². The first-order valence-corrected chi connectivity index (χ1v) is 8.55. The number of nitrogens with one attached hydrogen (secondary N) is 1. The van der Waals surface area contributed by atoms with Crippen LogP contribution in [0.4, 0.5) is 23.2 Å². The third kappa shape index (κ3) is 4.63. The van der Waals surface area contributed by atoms with Gasteiger partial charge in [0.25, 0.3) is 0 Å². The molecule has 0 aliphatic heterocycles. The monoisotopic (exact) mass is 454 g/mol. The van der Waals surface area contributed by atoms with Crippen molar-refractivity contribution >= 4 is 33.6 Å². The van der Waals surface area contributed by atoms with Crippen LogP contribution in [0, 0.1) is 5.82 Å². The van der Waals surface area contributed by atoms with Crippen LogP contribution >= 0.6 is 15.9 Å². The Morgan fingerprint density at radius 1 is 1.11 bits per heavy atom. The first kappa shape index (κ1) is 19.7. The van der Waals surface area contributed by atoms with Crippen molar-refractivity contribution in [2.24, 2.45) is 0 Å². The van der Waals surface area contributed by atoms with E-state index in [0.717, 1.165) is 23.0 Å². The number of hydrogen-bond donors (Lipinski definition) is 1. The molecule has 0 atom stereocenters. The van der Waals surface area contributed by atoms with E-state index in [1.165, 1.54) is 42.7 Å². The van der Waals surface area contributed by atoms with Crippen LogP contribution < -0.4 is 5.32 Å². The molecule has 0 spiro atoms. The molecule has 2 aromatic carbocycles. The highest BCUT2D eigenvalue weighted by Crippen LogP contribution is 2.36. The minimum atomic E-state index is -4.72. The lowest BCUT2D eigenvalue weighted by atomic mass is 10.1. The number of amides is 1. The molecule has 3 rings (SSSR count). The fraction of sp³-hybridized carbons (Fsp3) is 0.0556. The molecule has 28 heavy (non-hydrogen) atoms. The summed E-state index contributed by atoms with van der Waals surface area (Å²) in [5, 5.41) is 9.72. The topological polar surface area (TPSA) is 59.8 Å². The Bertz CT molecular complexity index is 1030. The maximum absolute atomic E-state index is 13.7. The molecule has 5 nitrogen and oxygen atoms in total. The molecule has 10 heteroatoms. The van der Waals surface area contributed by atoms with Gasteiger partial charge in [-0.2, -0.15) is 28.2 Å². The van der Waals surface area contributed by atoms with Gasteiger partial charge in [0.15, 0.2) is 0 Å². The van der Waals surface area contributed by atoms with Gasteiger partial charge in [0.2, 0.25) is 5.91 Å². The minimum absolute atomic E-state index is 0.0853.